The van der Waals surface area contributed by atoms with Crippen molar-refractivity contribution in [3.63, 3.8) is 0 Å². The van der Waals surface area contributed by atoms with Crippen LogP contribution in [0.1, 0.15) is 17.5 Å². The van der Waals surface area contributed by atoms with Crippen molar-refractivity contribution in [1.82, 2.24) is 14.6 Å². The van der Waals surface area contributed by atoms with Crippen molar-refractivity contribution in [2.24, 2.45) is 0 Å². The molecule has 10 heteroatoms. The summed E-state index contributed by atoms with van der Waals surface area (Å²) in [4.78, 5) is 18.3. The average molecular weight is 447 g/mol. The third kappa shape index (κ3) is 3.97. The highest BCUT2D eigenvalue weighted by Crippen LogP contribution is 2.32. The molecule has 3 heterocycles. The lowest BCUT2D eigenvalue weighted by molar-refractivity contribution is -0.129. The van der Waals surface area contributed by atoms with Crippen LogP contribution in [-0.2, 0) is 21.4 Å². The molecule has 29 heavy (non-hydrogen) atoms. The Labute approximate surface area is 176 Å². The molecule has 0 aliphatic carbocycles. The van der Waals surface area contributed by atoms with E-state index in [1.807, 2.05) is 6.07 Å². The Hall–Kier alpha value is -2.51. The fourth-order valence-electron chi connectivity index (χ4n) is 3.25. The zero-order valence-corrected chi connectivity index (χ0v) is 17.4. The molecule has 1 amide bonds. The molecular formula is C19H15ClN4O3S2. The van der Waals surface area contributed by atoms with E-state index >= 15 is 0 Å². The van der Waals surface area contributed by atoms with Crippen LogP contribution >= 0.6 is 22.9 Å². The lowest BCUT2D eigenvalue weighted by Crippen LogP contribution is -2.41. The first-order valence-corrected chi connectivity index (χ1v) is 11.4. The molecule has 0 radical (unpaired) electrons. The summed E-state index contributed by atoms with van der Waals surface area (Å²) >= 11 is 7.11. The molecular weight excluding hydrogens is 432 g/mol. The van der Waals surface area contributed by atoms with Crippen LogP contribution in [0.15, 0.2) is 46.8 Å². The van der Waals surface area contributed by atoms with Gasteiger partial charge in [-0.25, -0.2) is 13.4 Å². The number of hydrogen-bond donors (Lipinski definition) is 1. The first-order valence-electron chi connectivity index (χ1n) is 8.71. The molecule has 148 valence electrons. The highest BCUT2D eigenvalue weighted by atomic mass is 35.5. The normalized spacial score (nSPS) is 17.0. The van der Waals surface area contributed by atoms with E-state index in [0.29, 0.717) is 35.2 Å². The fourth-order valence-corrected chi connectivity index (χ4v) is 6.14. The first kappa shape index (κ1) is 19.8. The second-order valence-electron chi connectivity index (χ2n) is 6.61. The minimum absolute atomic E-state index is 0.0929. The summed E-state index contributed by atoms with van der Waals surface area (Å²) in [6, 6.07) is 11.4. The van der Waals surface area contributed by atoms with Crippen LogP contribution in [0.5, 0.6) is 0 Å². The quantitative estimate of drug-likeness (QED) is 0.607. The van der Waals surface area contributed by atoms with Gasteiger partial charge in [0.25, 0.3) is 10.0 Å². The number of sulfonamides is 1. The van der Waals surface area contributed by atoms with E-state index in [4.69, 9.17) is 16.9 Å². The Morgan fingerprint density at radius 3 is 2.93 bits per heavy atom. The minimum atomic E-state index is -3.87. The van der Waals surface area contributed by atoms with Crippen LogP contribution in [-0.4, -0.2) is 36.8 Å². The number of likely N-dealkylation sites (tertiary alicyclic amines) is 1. The van der Waals surface area contributed by atoms with Gasteiger partial charge in [0.1, 0.15) is 15.4 Å². The molecule has 1 fully saturated rings. The van der Waals surface area contributed by atoms with Gasteiger partial charge in [-0.1, -0.05) is 23.7 Å². The SMILES string of the molecule is N#Cc1cccc(CN2CCC(NS(=O)(=O)c3cc4c(Cl)nccc4s3)C2=O)c1. The Bertz CT molecular complexity index is 1250. The van der Waals surface area contributed by atoms with Crippen LogP contribution in [0.2, 0.25) is 5.15 Å². The van der Waals surface area contributed by atoms with E-state index in [1.165, 1.54) is 12.3 Å². The van der Waals surface area contributed by atoms with Crippen molar-refractivity contribution >= 4 is 49.0 Å². The molecule has 0 saturated carbocycles. The van der Waals surface area contributed by atoms with Gasteiger partial charge in [0.2, 0.25) is 5.91 Å². The van der Waals surface area contributed by atoms with Crippen molar-refractivity contribution in [1.29, 1.82) is 5.26 Å². The molecule has 7 nitrogen and oxygen atoms in total. The van der Waals surface area contributed by atoms with Crippen LogP contribution in [0.4, 0.5) is 0 Å². The van der Waals surface area contributed by atoms with E-state index in [0.717, 1.165) is 16.9 Å². The van der Waals surface area contributed by atoms with Gasteiger partial charge in [-0.2, -0.15) is 9.98 Å². The van der Waals surface area contributed by atoms with Gasteiger partial charge in [0.15, 0.2) is 0 Å². The molecule has 4 rings (SSSR count). The van der Waals surface area contributed by atoms with Crippen LogP contribution in [0.3, 0.4) is 0 Å². The molecule has 0 bridgehead atoms. The topological polar surface area (TPSA) is 103 Å². The molecule has 1 aliphatic rings. The third-order valence-electron chi connectivity index (χ3n) is 4.66. The third-order valence-corrected chi connectivity index (χ3v) is 8.01. The van der Waals surface area contributed by atoms with E-state index in [9.17, 15) is 13.2 Å². The second kappa shape index (κ2) is 7.72. The average Bonchev–Trinajstić information content (AvgIpc) is 3.29. The Balaban J connectivity index is 1.49. The van der Waals surface area contributed by atoms with E-state index in [-0.39, 0.29) is 15.3 Å². The zero-order valence-electron chi connectivity index (χ0n) is 15.0. The van der Waals surface area contributed by atoms with Crippen molar-refractivity contribution in [2.75, 3.05) is 6.54 Å². The van der Waals surface area contributed by atoms with Gasteiger partial charge in [-0.05, 0) is 36.2 Å². The van der Waals surface area contributed by atoms with Gasteiger partial charge in [-0.15, -0.1) is 11.3 Å². The number of carbonyl (C=O) groups is 1. The number of amides is 1. The number of hydrogen-bond acceptors (Lipinski definition) is 6. The summed E-state index contributed by atoms with van der Waals surface area (Å²) in [7, 11) is -3.87. The molecule has 1 atom stereocenters. The predicted octanol–water partition coefficient (Wildman–Crippen LogP) is 2.90. The van der Waals surface area contributed by atoms with Gasteiger partial charge < -0.3 is 4.90 Å². The largest absolute Gasteiger partial charge is 0.337 e. The maximum absolute atomic E-state index is 12.8. The maximum Gasteiger partial charge on any atom is 0.250 e. The molecule has 1 aromatic carbocycles. The number of halogens is 1. The summed E-state index contributed by atoms with van der Waals surface area (Å²) < 4.78 is 28.9. The summed E-state index contributed by atoms with van der Waals surface area (Å²) in [6.07, 6.45) is 1.90. The van der Waals surface area contributed by atoms with E-state index in [2.05, 4.69) is 15.8 Å². The van der Waals surface area contributed by atoms with E-state index in [1.54, 1.807) is 29.2 Å². The predicted molar refractivity (Wildman–Crippen MR) is 110 cm³/mol. The summed E-state index contributed by atoms with van der Waals surface area (Å²) in [5.74, 6) is -0.281. The van der Waals surface area contributed by atoms with Gasteiger partial charge in [0.05, 0.1) is 11.6 Å². The Kier molecular flexibility index (Phi) is 5.27. The highest BCUT2D eigenvalue weighted by molar-refractivity contribution is 7.91. The summed E-state index contributed by atoms with van der Waals surface area (Å²) in [6.45, 7) is 0.766. The summed E-state index contributed by atoms with van der Waals surface area (Å²) in [5.41, 5.74) is 1.34. The molecule has 1 saturated heterocycles. The van der Waals surface area contributed by atoms with Crippen LogP contribution < -0.4 is 4.72 Å². The number of carbonyl (C=O) groups excluding carboxylic acids is 1. The van der Waals surface area contributed by atoms with Gasteiger partial charge in [0, 0.05) is 29.4 Å². The smallest absolute Gasteiger partial charge is 0.250 e. The number of pyridine rings is 1. The molecule has 1 unspecified atom stereocenters. The number of thiophene rings is 1. The molecule has 1 N–H and O–H groups in total. The number of nitrogens with one attached hydrogen (secondary N) is 1. The first-order chi connectivity index (χ1) is 13.9. The number of benzene rings is 1. The highest BCUT2D eigenvalue weighted by Gasteiger charge is 2.35. The lowest BCUT2D eigenvalue weighted by atomic mass is 10.1. The van der Waals surface area contributed by atoms with Crippen molar-refractivity contribution in [2.45, 2.75) is 23.2 Å². The minimum Gasteiger partial charge on any atom is -0.337 e. The molecule has 1 aliphatic heterocycles. The Morgan fingerprint density at radius 2 is 2.17 bits per heavy atom. The standard InChI is InChI=1S/C19H15ClN4O3S2/c20-18-14-9-17(28-16(14)4-6-22-18)29(26,27)23-15-5-7-24(19(15)25)11-13-3-1-2-12(8-13)10-21/h1-4,6,8-9,15,23H,5,7,11H2. The van der Waals surface area contributed by atoms with Crippen molar-refractivity contribution in [3.8, 4) is 6.07 Å². The number of rotatable bonds is 5. The molecule has 0 spiro atoms. The zero-order chi connectivity index (χ0) is 20.6. The van der Waals surface area contributed by atoms with Crippen LogP contribution in [0.25, 0.3) is 10.1 Å². The summed E-state index contributed by atoms with van der Waals surface area (Å²) in [5, 5.41) is 9.81. The van der Waals surface area contributed by atoms with Crippen molar-refractivity contribution < 1.29 is 13.2 Å². The van der Waals surface area contributed by atoms with E-state index < -0.39 is 16.1 Å². The number of fused-ring (bicyclic) bond motifs is 1. The number of nitrogens with zero attached hydrogens (tertiary/aromatic N) is 3. The van der Waals surface area contributed by atoms with Gasteiger partial charge in [-0.3, -0.25) is 4.79 Å². The number of aromatic nitrogens is 1. The van der Waals surface area contributed by atoms with Crippen LogP contribution in [0, 0.1) is 11.3 Å². The maximum atomic E-state index is 12.8. The van der Waals surface area contributed by atoms with Crippen molar-refractivity contribution in [3.05, 3.63) is 58.9 Å². The van der Waals surface area contributed by atoms with Gasteiger partial charge >= 0.3 is 0 Å². The number of nitriles is 1. The molecule has 2 aromatic heterocycles. The molecule has 3 aromatic rings. The second-order valence-corrected chi connectivity index (χ2v) is 10.00. The monoisotopic (exact) mass is 446 g/mol. The fraction of sp³-hybridized carbons (Fsp3) is 0.211. The Morgan fingerprint density at radius 1 is 1.34 bits per heavy atom. The lowest BCUT2D eigenvalue weighted by Gasteiger charge is -2.17.